The van der Waals surface area contributed by atoms with E-state index in [4.69, 9.17) is 0 Å². The molecule has 5 nitrogen and oxygen atoms in total. The van der Waals surface area contributed by atoms with Gasteiger partial charge in [0, 0.05) is 11.7 Å². The molecule has 0 aromatic heterocycles. The molecule has 0 amide bonds. The van der Waals surface area contributed by atoms with E-state index in [1.165, 1.54) is 14.2 Å². The predicted octanol–water partition coefficient (Wildman–Crippen LogP) is 1.59. The number of carbonyl (C=O) groups excluding carboxylic acids is 2. The van der Waals surface area contributed by atoms with E-state index in [0.29, 0.717) is 0 Å². The van der Waals surface area contributed by atoms with Crippen molar-refractivity contribution < 1.29 is 19.1 Å². The number of rotatable bonds is 6. The van der Waals surface area contributed by atoms with Gasteiger partial charge in [-0.1, -0.05) is 18.2 Å². The maximum absolute atomic E-state index is 11.3. The van der Waals surface area contributed by atoms with Crippen LogP contribution in [0.15, 0.2) is 30.3 Å². The number of anilines is 1. The first-order chi connectivity index (χ1) is 8.65. The van der Waals surface area contributed by atoms with Gasteiger partial charge in [0.1, 0.15) is 0 Å². The zero-order chi connectivity index (χ0) is 13.4. The molecule has 0 aliphatic rings. The highest BCUT2D eigenvalue weighted by Gasteiger charge is 2.18. The molecular formula is C13H17NO4. The van der Waals surface area contributed by atoms with Crippen LogP contribution in [0.2, 0.25) is 0 Å². The average Bonchev–Trinajstić information content (AvgIpc) is 2.39. The number of ether oxygens (including phenoxy) is 2. The molecule has 0 atom stereocenters. The summed E-state index contributed by atoms with van der Waals surface area (Å²) in [6.07, 6.45) is 0.223. The summed E-state index contributed by atoms with van der Waals surface area (Å²) in [7, 11) is 2.64. The highest BCUT2D eigenvalue weighted by atomic mass is 16.5. The molecule has 5 heteroatoms. The first-order valence-corrected chi connectivity index (χ1v) is 5.61. The zero-order valence-electron chi connectivity index (χ0n) is 10.5. The van der Waals surface area contributed by atoms with Crippen molar-refractivity contribution in [3.8, 4) is 0 Å². The lowest BCUT2D eigenvalue weighted by Gasteiger charge is -2.17. The third kappa shape index (κ3) is 4.86. The molecule has 98 valence electrons. The third-order valence-corrected chi connectivity index (χ3v) is 2.43. The Labute approximate surface area is 106 Å². The van der Waals surface area contributed by atoms with Gasteiger partial charge in [0.15, 0.2) is 0 Å². The number of esters is 2. The largest absolute Gasteiger partial charge is 0.469 e. The van der Waals surface area contributed by atoms with Crippen LogP contribution < -0.4 is 5.32 Å². The molecule has 0 saturated heterocycles. The Morgan fingerprint density at radius 1 is 1.06 bits per heavy atom. The second-order valence-corrected chi connectivity index (χ2v) is 3.77. The van der Waals surface area contributed by atoms with Crippen LogP contribution in [0.1, 0.15) is 12.8 Å². The van der Waals surface area contributed by atoms with Crippen molar-refractivity contribution in [2.24, 2.45) is 0 Å². The molecule has 1 rings (SSSR count). The molecule has 0 heterocycles. The number of nitrogens with one attached hydrogen (secondary N) is 1. The molecule has 0 spiro atoms. The molecular weight excluding hydrogens is 234 g/mol. The smallest absolute Gasteiger partial charge is 0.307 e. The number of methoxy groups -OCH3 is 2. The van der Waals surface area contributed by atoms with Crippen molar-refractivity contribution in [1.29, 1.82) is 0 Å². The lowest BCUT2D eigenvalue weighted by Crippen LogP contribution is -2.27. The minimum atomic E-state index is -0.368. The average molecular weight is 251 g/mol. The predicted molar refractivity (Wildman–Crippen MR) is 67.1 cm³/mol. The Morgan fingerprint density at radius 3 is 2.00 bits per heavy atom. The molecule has 0 bridgehead atoms. The minimum Gasteiger partial charge on any atom is -0.469 e. The van der Waals surface area contributed by atoms with Crippen LogP contribution >= 0.6 is 0 Å². The molecule has 0 fully saturated rings. The molecule has 1 aromatic carbocycles. The van der Waals surface area contributed by atoms with Gasteiger partial charge in [-0.05, 0) is 12.1 Å². The van der Waals surface area contributed by atoms with Gasteiger partial charge in [-0.2, -0.15) is 0 Å². The summed E-state index contributed by atoms with van der Waals surface area (Å²) in [4.78, 5) is 22.5. The van der Waals surface area contributed by atoms with Gasteiger partial charge in [0.25, 0.3) is 0 Å². The normalized spacial score (nSPS) is 9.94. The van der Waals surface area contributed by atoms with E-state index in [2.05, 4.69) is 14.8 Å². The monoisotopic (exact) mass is 251 g/mol. The molecule has 0 saturated carbocycles. The second-order valence-electron chi connectivity index (χ2n) is 3.77. The fourth-order valence-electron chi connectivity index (χ4n) is 1.51. The third-order valence-electron chi connectivity index (χ3n) is 2.43. The number of hydrogen-bond donors (Lipinski definition) is 1. The molecule has 0 unspecified atom stereocenters. The Hall–Kier alpha value is -2.04. The fraction of sp³-hybridized carbons (Fsp3) is 0.385. The van der Waals surface area contributed by atoms with Crippen molar-refractivity contribution >= 4 is 17.6 Å². The Bertz CT molecular complexity index is 373. The number of hydrogen-bond acceptors (Lipinski definition) is 5. The summed E-state index contributed by atoms with van der Waals surface area (Å²) < 4.78 is 9.21. The Morgan fingerprint density at radius 2 is 1.56 bits per heavy atom. The van der Waals surface area contributed by atoms with E-state index >= 15 is 0 Å². The molecule has 1 aromatic rings. The van der Waals surface area contributed by atoms with Crippen molar-refractivity contribution in [3.05, 3.63) is 30.3 Å². The van der Waals surface area contributed by atoms with Gasteiger partial charge in [0.05, 0.1) is 27.1 Å². The van der Waals surface area contributed by atoms with Gasteiger partial charge < -0.3 is 14.8 Å². The first kappa shape index (κ1) is 14.0. The summed E-state index contributed by atoms with van der Waals surface area (Å²) in [6, 6.07) is 9.02. The van der Waals surface area contributed by atoms with Crippen LogP contribution in [0.25, 0.3) is 0 Å². The second kappa shape index (κ2) is 7.32. The number of benzene rings is 1. The van der Waals surface area contributed by atoms with Gasteiger partial charge in [-0.3, -0.25) is 9.59 Å². The molecule has 0 radical (unpaired) electrons. The fourth-order valence-corrected chi connectivity index (χ4v) is 1.51. The SMILES string of the molecule is COC(=O)CC(CC(=O)OC)Nc1ccccc1. The van der Waals surface area contributed by atoms with Crippen molar-refractivity contribution in [1.82, 2.24) is 0 Å². The summed E-state index contributed by atoms with van der Waals surface area (Å²) >= 11 is 0. The summed E-state index contributed by atoms with van der Waals surface area (Å²) in [5.41, 5.74) is 0.843. The van der Waals surface area contributed by atoms with E-state index < -0.39 is 0 Å². The zero-order valence-corrected chi connectivity index (χ0v) is 10.5. The van der Waals surface area contributed by atoms with E-state index in [1.54, 1.807) is 0 Å². The van der Waals surface area contributed by atoms with Crippen LogP contribution in [-0.2, 0) is 19.1 Å². The topological polar surface area (TPSA) is 64.6 Å². The van der Waals surface area contributed by atoms with E-state index in [9.17, 15) is 9.59 Å². The van der Waals surface area contributed by atoms with Crippen LogP contribution in [-0.4, -0.2) is 32.2 Å². The molecule has 0 aliphatic carbocycles. The Kier molecular flexibility index (Phi) is 5.70. The van der Waals surface area contributed by atoms with Crippen LogP contribution in [0, 0.1) is 0 Å². The summed E-state index contributed by atoms with van der Waals surface area (Å²) in [5, 5.41) is 3.11. The highest BCUT2D eigenvalue weighted by Crippen LogP contribution is 2.12. The summed E-state index contributed by atoms with van der Waals surface area (Å²) in [6.45, 7) is 0. The molecule has 0 aliphatic heterocycles. The molecule has 18 heavy (non-hydrogen) atoms. The van der Waals surface area contributed by atoms with Crippen molar-refractivity contribution in [2.45, 2.75) is 18.9 Å². The lowest BCUT2D eigenvalue weighted by atomic mass is 10.1. The van der Waals surface area contributed by atoms with E-state index in [-0.39, 0.29) is 30.8 Å². The highest BCUT2D eigenvalue weighted by molar-refractivity contribution is 5.75. The standard InChI is InChI=1S/C13H17NO4/c1-17-12(15)8-11(9-13(16)18-2)14-10-6-4-3-5-7-10/h3-7,11,14H,8-9H2,1-2H3. The van der Waals surface area contributed by atoms with Gasteiger partial charge in [-0.15, -0.1) is 0 Å². The quantitative estimate of drug-likeness (QED) is 0.778. The van der Waals surface area contributed by atoms with Crippen molar-refractivity contribution in [3.63, 3.8) is 0 Å². The van der Waals surface area contributed by atoms with Gasteiger partial charge in [0.2, 0.25) is 0 Å². The van der Waals surface area contributed by atoms with E-state index in [0.717, 1.165) is 5.69 Å². The maximum Gasteiger partial charge on any atom is 0.307 e. The van der Waals surface area contributed by atoms with E-state index in [1.807, 2.05) is 30.3 Å². The van der Waals surface area contributed by atoms with Crippen LogP contribution in [0.4, 0.5) is 5.69 Å². The van der Waals surface area contributed by atoms with Crippen LogP contribution in [0.5, 0.6) is 0 Å². The first-order valence-electron chi connectivity index (χ1n) is 5.61. The Balaban J connectivity index is 2.64. The van der Waals surface area contributed by atoms with Gasteiger partial charge >= 0.3 is 11.9 Å². The van der Waals surface area contributed by atoms with Gasteiger partial charge in [-0.25, -0.2) is 0 Å². The summed E-state index contributed by atoms with van der Waals surface area (Å²) in [5.74, 6) is -0.736. The van der Waals surface area contributed by atoms with Crippen molar-refractivity contribution in [2.75, 3.05) is 19.5 Å². The number of carbonyl (C=O) groups is 2. The van der Waals surface area contributed by atoms with Crippen LogP contribution in [0.3, 0.4) is 0 Å². The lowest BCUT2D eigenvalue weighted by molar-refractivity contribution is -0.142. The minimum absolute atomic E-state index is 0.112. The number of para-hydroxylation sites is 1. The maximum atomic E-state index is 11.3. The molecule has 1 N–H and O–H groups in total.